The highest BCUT2D eigenvalue weighted by Crippen LogP contribution is 2.23. The Morgan fingerprint density at radius 2 is 1.65 bits per heavy atom. The van der Waals surface area contributed by atoms with E-state index in [1.54, 1.807) is 15.7 Å². The lowest BCUT2D eigenvalue weighted by molar-refractivity contribution is 0.771. The fourth-order valence-corrected chi connectivity index (χ4v) is 2.71. The molecule has 0 bridgehead atoms. The summed E-state index contributed by atoms with van der Waals surface area (Å²) in [5.74, 6) is 1.35. The number of nitrogens with zero attached hydrogens (tertiary/aromatic N) is 5. The number of hydrogen-bond acceptors (Lipinski definition) is 5. The third kappa shape index (κ3) is 3.56. The summed E-state index contributed by atoms with van der Waals surface area (Å²) >= 11 is 0. The molecule has 2 heterocycles. The van der Waals surface area contributed by atoms with Gasteiger partial charge in [-0.1, -0.05) is 18.2 Å². The van der Waals surface area contributed by atoms with Crippen LogP contribution in [-0.2, 0) is 7.05 Å². The van der Waals surface area contributed by atoms with Crippen molar-refractivity contribution in [3.63, 3.8) is 0 Å². The van der Waals surface area contributed by atoms with Crippen LogP contribution in [0, 0.1) is 6.92 Å². The van der Waals surface area contributed by atoms with Crippen LogP contribution >= 0.6 is 0 Å². The molecule has 0 saturated carbocycles. The summed E-state index contributed by atoms with van der Waals surface area (Å²) in [5.41, 5.74) is 3.95. The van der Waals surface area contributed by atoms with Gasteiger partial charge in [0.25, 0.3) is 0 Å². The van der Waals surface area contributed by atoms with Crippen LogP contribution in [0.5, 0.6) is 0 Å². The number of hydrogen-bond donors (Lipinski definition) is 2. The van der Waals surface area contributed by atoms with Crippen LogP contribution in [0.25, 0.3) is 5.69 Å². The molecule has 2 aromatic carbocycles. The minimum Gasteiger partial charge on any atom is -0.339 e. The number of para-hydroxylation sites is 1. The lowest BCUT2D eigenvalue weighted by Gasteiger charge is -2.09. The first-order chi connectivity index (χ1) is 12.7. The van der Waals surface area contributed by atoms with Crippen LogP contribution in [0.1, 0.15) is 5.56 Å². The zero-order chi connectivity index (χ0) is 17.9. The second kappa shape index (κ2) is 6.72. The van der Waals surface area contributed by atoms with Crippen molar-refractivity contribution in [2.45, 2.75) is 6.92 Å². The summed E-state index contributed by atoms with van der Waals surface area (Å²) in [6.45, 7) is 2.05. The topological polar surface area (TPSA) is 72.6 Å². The van der Waals surface area contributed by atoms with Gasteiger partial charge in [0, 0.05) is 30.7 Å². The van der Waals surface area contributed by atoms with E-state index in [9.17, 15) is 0 Å². The number of anilines is 4. The first-order valence-corrected chi connectivity index (χ1v) is 8.28. The average molecular weight is 345 g/mol. The van der Waals surface area contributed by atoms with Crippen molar-refractivity contribution in [3.8, 4) is 5.69 Å². The van der Waals surface area contributed by atoms with Gasteiger partial charge >= 0.3 is 0 Å². The monoisotopic (exact) mass is 345 g/mol. The number of rotatable bonds is 5. The van der Waals surface area contributed by atoms with E-state index in [1.807, 2.05) is 68.7 Å². The number of aryl methyl sites for hydroxylation is 2. The summed E-state index contributed by atoms with van der Waals surface area (Å²) in [6, 6.07) is 17.9. The van der Waals surface area contributed by atoms with E-state index in [4.69, 9.17) is 0 Å². The van der Waals surface area contributed by atoms with Crippen LogP contribution in [0.4, 0.5) is 23.1 Å². The highest BCUT2D eigenvalue weighted by atomic mass is 15.4. The standard InChI is InChI=1S/C19H19N7/c1-14-10-15(21-18-8-9-25(2)23-18)12-16(11-14)22-19-20-13-26(24-19)17-6-4-3-5-7-17/h3-13H,1-2H3,(H,21,23)(H,22,24). The Morgan fingerprint density at radius 3 is 2.38 bits per heavy atom. The van der Waals surface area contributed by atoms with Gasteiger partial charge in [-0.05, 0) is 42.8 Å². The predicted molar refractivity (Wildman–Crippen MR) is 102 cm³/mol. The Morgan fingerprint density at radius 1 is 0.885 bits per heavy atom. The van der Waals surface area contributed by atoms with Crippen molar-refractivity contribution in [2.24, 2.45) is 7.05 Å². The fourth-order valence-electron chi connectivity index (χ4n) is 2.71. The van der Waals surface area contributed by atoms with Gasteiger partial charge in [-0.15, -0.1) is 5.10 Å². The third-order valence-electron chi connectivity index (χ3n) is 3.83. The van der Waals surface area contributed by atoms with Crippen LogP contribution in [0.2, 0.25) is 0 Å². The molecule has 26 heavy (non-hydrogen) atoms. The molecule has 4 aromatic rings. The lowest BCUT2D eigenvalue weighted by Crippen LogP contribution is -1.99. The summed E-state index contributed by atoms with van der Waals surface area (Å²) < 4.78 is 3.50. The average Bonchev–Trinajstić information content (AvgIpc) is 3.24. The molecule has 0 radical (unpaired) electrons. The Hall–Kier alpha value is -3.61. The van der Waals surface area contributed by atoms with Crippen molar-refractivity contribution >= 4 is 23.1 Å². The molecular formula is C19H19N7. The van der Waals surface area contributed by atoms with Gasteiger partial charge in [0.2, 0.25) is 5.95 Å². The molecule has 0 aliphatic heterocycles. The second-order valence-electron chi connectivity index (χ2n) is 6.06. The van der Waals surface area contributed by atoms with Crippen LogP contribution in [0.3, 0.4) is 0 Å². The van der Waals surface area contributed by atoms with E-state index in [-0.39, 0.29) is 0 Å². The Labute approximate surface area is 151 Å². The van der Waals surface area contributed by atoms with Gasteiger partial charge in [0.1, 0.15) is 6.33 Å². The molecule has 0 aliphatic carbocycles. The molecule has 4 rings (SSSR count). The maximum absolute atomic E-state index is 4.48. The highest BCUT2D eigenvalue weighted by Gasteiger charge is 2.06. The molecule has 0 amide bonds. The van der Waals surface area contributed by atoms with Crippen LogP contribution < -0.4 is 10.6 Å². The molecule has 0 spiro atoms. The summed E-state index contributed by atoms with van der Waals surface area (Å²) in [5, 5.41) is 15.4. The van der Waals surface area contributed by atoms with Crippen molar-refractivity contribution in [1.29, 1.82) is 0 Å². The fraction of sp³-hybridized carbons (Fsp3) is 0.105. The smallest absolute Gasteiger partial charge is 0.246 e. The molecule has 0 unspecified atom stereocenters. The maximum Gasteiger partial charge on any atom is 0.246 e. The van der Waals surface area contributed by atoms with Gasteiger partial charge in [-0.3, -0.25) is 4.68 Å². The van der Waals surface area contributed by atoms with E-state index in [0.29, 0.717) is 5.95 Å². The number of aromatic nitrogens is 5. The predicted octanol–water partition coefficient (Wildman–Crippen LogP) is 3.80. The van der Waals surface area contributed by atoms with E-state index < -0.39 is 0 Å². The SMILES string of the molecule is Cc1cc(Nc2ccn(C)n2)cc(Nc2ncn(-c3ccccc3)n2)c1. The van der Waals surface area contributed by atoms with Crippen molar-refractivity contribution < 1.29 is 0 Å². The van der Waals surface area contributed by atoms with Gasteiger partial charge in [0.05, 0.1) is 5.69 Å². The number of nitrogens with one attached hydrogen (secondary N) is 2. The highest BCUT2D eigenvalue weighted by molar-refractivity contribution is 5.66. The largest absolute Gasteiger partial charge is 0.339 e. The van der Waals surface area contributed by atoms with Gasteiger partial charge in [0.15, 0.2) is 5.82 Å². The second-order valence-corrected chi connectivity index (χ2v) is 6.06. The summed E-state index contributed by atoms with van der Waals surface area (Å²) in [4.78, 5) is 4.34. The van der Waals surface area contributed by atoms with Crippen molar-refractivity contribution in [2.75, 3.05) is 10.6 Å². The van der Waals surface area contributed by atoms with Gasteiger partial charge in [-0.2, -0.15) is 10.1 Å². The molecule has 2 N–H and O–H groups in total. The molecule has 130 valence electrons. The first-order valence-electron chi connectivity index (χ1n) is 8.28. The number of benzene rings is 2. The van der Waals surface area contributed by atoms with Crippen molar-refractivity contribution in [3.05, 3.63) is 72.7 Å². The van der Waals surface area contributed by atoms with Crippen LogP contribution in [-0.4, -0.2) is 24.5 Å². The third-order valence-corrected chi connectivity index (χ3v) is 3.83. The molecule has 0 aliphatic rings. The zero-order valence-electron chi connectivity index (χ0n) is 14.6. The van der Waals surface area contributed by atoms with Crippen LogP contribution in [0.15, 0.2) is 67.1 Å². The minimum absolute atomic E-state index is 0.545. The molecule has 0 saturated heterocycles. The molecule has 7 heteroatoms. The minimum atomic E-state index is 0.545. The van der Waals surface area contributed by atoms with Gasteiger partial charge < -0.3 is 10.6 Å². The normalized spacial score (nSPS) is 10.7. The summed E-state index contributed by atoms with van der Waals surface area (Å²) in [7, 11) is 1.89. The Balaban J connectivity index is 1.54. The van der Waals surface area contributed by atoms with Gasteiger partial charge in [-0.25, -0.2) is 4.68 Å². The molecule has 0 atom stereocenters. The van der Waals surface area contributed by atoms with E-state index in [1.165, 1.54) is 0 Å². The quantitative estimate of drug-likeness (QED) is 0.576. The van der Waals surface area contributed by atoms with Crippen molar-refractivity contribution in [1.82, 2.24) is 24.5 Å². The summed E-state index contributed by atoms with van der Waals surface area (Å²) in [6.07, 6.45) is 3.60. The van der Waals surface area contributed by atoms with E-state index in [0.717, 1.165) is 28.4 Å². The molecule has 7 nitrogen and oxygen atoms in total. The lowest BCUT2D eigenvalue weighted by atomic mass is 10.2. The molecule has 2 aromatic heterocycles. The Bertz CT molecular complexity index is 1020. The maximum atomic E-state index is 4.48. The Kier molecular flexibility index (Phi) is 4.10. The van der Waals surface area contributed by atoms with E-state index >= 15 is 0 Å². The zero-order valence-corrected chi connectivity index (χ0v) is 14.6. The first kappa shape index (κ1) is 15.9. The molecule has 0 fully saturated rings. The molecular weight excluding hydrogens is 326 g/mol. The van der Waals surface area contributed by atoms with E-state index in [2.05, 4.69) is 31.9 Å².